The van der Waals surface area contributed by atoms with E-state index in [1.54, 1.807) is 12.1 Å². The average molecular weight is 327 g/mol. The summed E-state index contributed by atoms with van der Waals surface area (Å²) >= 11 is 5.81. The lowest BCUT2D eigenvalue weighted by Gasteiger charge is -2.20. The Hall–Kier alpha value is -1.79. The fourth-order valence-corrected chi connectivity index (χ4v) is 4.37. The van der Waals surface area contributed by atoms with E-state index >= 15 is 0 Å². The van der Waals surface area contributed by atoms with Crippen molar-refractivity contribution >= 4 is 33.0 Å². The molecule has 1 aliphatic heterocycles. The molecule has 0 amide bonds. The van der Waals surface area contributed by atoms with Crippen LogP contribution in [0.15, 0.2) is 41.3 Å². The molecule has 0 spiro atoms. The molecule has 0 radical (unpaired) electrons. The van der Waals surface area contributed by atoms with Gasteiger partial charge in [-0.1, -0.05) is 29.8 Å². The molecule has 1 aliphatic rings. The third-order valence-corrected chi connectivity index (χ3v) is 5.48. The molecule has 3 rings (SSSR count). The molecule has 0 bridgehead atoms. The minimum atomic E-state index is -4.03. The molecule has 0 fully saturated rings. The predicted molar refractivity (Wildman–Crippen MR) is 80.5 cm³/mol. The normalized spacial score (nSPS) is 14.3. The van der Waals surface area contributed by atoms with Crippen LogP contribution in [-0.2, 0) is 16.4 Å². The lowest BCUT2D eigenvalue weighted by Crippen LogP contribution is -2.30. The van der Waals surface area contributed by atoms with Crippen molar-refractivity contribution in [2.24, 2.45) is 0 Å². The number of nitrogen functional groups attached to an aromatic ring is 1. The van der Waals surface area contributed by atoms with Crippen molar-refractivity contribution in [1.29, 1.82) is 0 Å². The van der Waals surface area contributed by atoms with Gasteiger partial charge in [0.25, 0.3) is 10.0 Å². The number of nitrogens with zero attached hydrogens (tertiary/aromatic N) is 1. The smallest absolute Gasteiger partial charge is 0.267 e. The maximum atomic E-state index is 14.1. The summed E-state index contributed by atoms with van der Waals surface area (Å²) in [6.07, 6.45) is 0.590. The van der Waals surface area contributed by atoms with Crippen LogP contribution in [-0.4, -0.2) is 15.0 Å². The molecule has 1 heterocycles. The van der Waals surface area contributed by atoms with Crippen molar-refractivity contribution in [3.05, 3.63) is 52.8 Å². The topological polar surface area (TPSA) is 63.4 Å². The van der Waals surface area contributed by atoms with Crippen LogP contribution in [0.2, 0.25) is 5.02 Å². The first-order valence-corrected chi connectivity index (χ1v) is 8.08. The second kappa shape index (κ2) is 4.89. The highest BCUT2D eigenvalue weighted by Gasteiger charge is 2.33. The molecule has 0 aromatic heterocycles. The molecule has 7 heteroatoms. The van der Waals surface area contributed by atoms with Crippen LogP contribution in [0, 0.1) is 5.82 Å². The summed E-state index contributed by atoms with van der Waals surface area (Å²) < 4.78 is 40.7. The summed E-state index contributed by atoms with van der Waals surface area (Å²) in [4.78, 5) is -0.496. The van der Waals surface area contributed by atoms with Crippen LogP contribution in [0.1, 0.15) is 5.56 Å². The minimum Gasteiger partial charge on any atom is -0.396 e. The lowest BCUT2D eigenvalue weighted by molar-refractivity contribution is 0.566. The lowest BCUT2D eigenvalue weighted by atomic mass is 10.2. The zero-order chi connectivity index (χ0) is 15.2. The summed E-state index contributed by atoms with van der Waals surface area (Å²) in [6.45, 7) is 0.271. The molecule has 2 aromatic rings. The fraction of sp³-hybridized carbons (Fsp3) is 0.143. The second-order valence-electron chi connectivity index (χ2n) is 4.76. The number of hydrogen-bond donors (Lipinski definition) is 1. The molecular formula is C14H12ClFN2O2S. The Morgan fingerprint density at radius 2 is 1.95 bits per heavy atom. The van der Waals surface area contributed by atoms with E-state index in [1.807, 2.05) is 12.1 Å². The zero-order valence-electron chi connectivity index (χ0n) is 10.9. The van der Waals surface area contributed by atoms with Crippen molar-refractivity contribution in [2.75, 3.05) is 16.6 Å². The number of anilines is 2. The van der Waals surface area contributed by atoms with E-state index in [9.17, 15) is 12.8 Å². The summed E-state index contributed by atoms with van der Waals surface area (Å²) in [5, 5.41) is 0.0833. The Kier molecular flexibility index (Phi) is 3.30. The van der Waals surface area contributed by atoms with Gasteiger partial charge in [-0.3, -0.25) is 4.31 Å². The zero-order valence-corrected chi connectivity index (χ0v) is 12.5. The molecule has 0 saturated carbocycles. The summed E-state index contributed by atoms with van der Waals surface area (Å²) in [5.41, 5.74) is 6.66. The quantitative estimate of drug-likeness (QED) is 0.863. The van der Waals surface area contributed by atoms with Gasteiger partial charge in [0.1, 0.15) is 4.90 Å². The Balaban J connectivity index is 2.15. The van der Waals surface area contributed by atoms with E-state index in [1.165, 1.54) is 10.4 Å². The van der Waals surface area contributed by atoms with Crippen LogP contribution in [0.3, 0.4) is 0 Å². The van der Waals surface area contributed by atoms with Gasteiger partial charge in [-0.2, -0.15) is 0 Å². The number of fused-ring (bicyclic) bond motifs is 1. The van der Waals surface area contributed by atoms with E-state index in [-0.39, 0.29) is 17.3 Å². The van der Waals surface area contributed by atoms with Gasteiger partial charge >= 0.3 is 0 Å². The highest BCUT2D eigenvalue weighted by atomic mass is 35.5. The maximum absolute atomic E-state index is 14.1. The summed E-state index contributed by atoms with van der Waals surface area (Å²) in [5.74, 6) is -0.969. The van der Waals surface area contributed by atoms with E-state index < -0.39 is 20.7 Å². The third-order valence-electron chi connectivity index (χ3n) is 3.44. The van der Waals surface area contributed by atoms with Crippen LogP contribution in [0.4, 0.5) is 15.8 Å². The fourth-order valence-electron chi connectivity index (χ4n) is 2.45. The minimum absolute atomic E-state index is 0.0833. The monoisotopic (exact) mass is 326 g/mol. The van der Waals surface area contributed by atoms with E-state index in [0.29, 0.717) is 12.1 Å². The number of halogens is 2. The van der Waals surface area contributed by atoms with E-state index in [4.69, 9.17) is 17.3 Å². The van der Waals surface area contributed by atoms with Crippen LogP contribution in [0.25, 0.3) is 0 Å². The molecular weight excluding hydrogens is 315 g/mol. The number of hydrogen-bond acceptors (Lipinski definition) is 3. The molecule has 0 unspecified atom stereocenters. The Morgan fingerprint density at radius 3 is 2.71 bits per heavy atom. The first-order chi connectivity index (χ1) is 9.91. The van der Waals surface area contributed by atoms with Gasteiger partial charge in [0.05, 0.1) is 11.4 Å². The number of nitrogens with two attached hydrogens (primary N) is 1. The molecule has 0 aliphatic carbocycles. The van der Waals surface area contributed by atoms with Crippen molar-refractivity contribution in [3.63, 3.8) is 0 Å². The molecule has 0 atom stereocenters. The van der Waals surface area contributed by atoms with Gasteiger partial charge in [0.2, 0.25) is 0 Å². The highest BCUT2D eigenvalue weighted by Crippen LogP contribution is 2.35. The number of sulfonamides is 1. The van der Waals surface area contributed by atoms with Crippen LogP contribution in [0.5, 0.6) is 0 Å². The summed E-state index contributed by atoms with van der Waals surface area (Å²) in [6, 6.07) is 9.42. The van der Waals surface area contributed by atoms with Gasteiger partial charge in [0, 0.05) is 11.6 Å². The number of benzene rings is 2. The number of rotatable bonds is 2. The maximum Gasteiger partial charge on any atom is 0.267 e. The largest absolute Gasteiger partial charge is 0.396 e. The molecule has 2 aromatic carbocycles. The van der Waals surface area contributed by atoms with Gasteiger partial charge < -0.3 is 5.73 Å². The van der Waals surface area contributed by atoms with Crippen molar-refractivity contribution in [2.45, 2.75) is 11.3 Å². The highest BCUT2D eigenvalue weighted by molar-refractivity contribution is 7.92. The van der Waals surface area contributed by atoms with Crippen LogP contribution < -0.4 is 10.0 Å². The van der Waals surface area contributed by atoms with E-state index in [0.717, 1.165) is 11.6 Å². The van der Waals surface area contributed by atoms with Crippen molar-refractivity contribution in [3.8, 4) is 0 Å². The van der Waals surface area contributed by atoms with Crippen molar-refractivity contribution < 1.29 is 12.8 Å². The third kappa shape index (κ3) is 2.24. The first-order valence-electron chi connectivity index (χ1n) is 6.26. The molecule has 2 N–H and O–H groups in total. The Morgan fingerprint density at radius 1 is 1.24 bits per heavy atom. The van der Waals surface area contributed by atoms with E-state index in [2.05, 4.69) is 0 Å². The predicted octanol–water partition coefficient (Wildman–Crippen LogP) is 2.81. The number of para-hydroxylation sites is 1. The Bertz CT molecular complexity index is 824. The Labute approximate surface area is 127 Å². The molecule has 0 saturated heterocycles. The van der Waals surface area contributed by atoms with Gasteiger partial charge in [-0.25, -0.2) is 12.8 Å². The van der Waals surface area contributed by atoms with Gasteiger partial charge in [-0.15, -0.1) is 0 Å². The van der Waals surface area contributed by atoms with Crippen LogP contribution >= 0.6 is 11.6 Å². The molecule has 21 heavy (non-hydrogen) atoms. The first kappa shape index (κ1) is 14.2. The standard InChI is InChI=1S/C14H12ClFN2O2S/c15-10-7-11(17)14(16)13(8-10)21(19,20)18-6-5-9-3-1-2-4-12(9)18/h1-4,7-8H,5-6,17H2. The average Bonchev–Trinajstić information content (AvgIpc) is 2.87. The molecule has 110 valence electrons. The second-order valence-corrected chi connectivity index (χ2v) is 7.03. The summed E-state index contributed by atoms with van der Waals surface area (Å²) in [7, 11) is -4.03. The van der Waals surface area contributed by atoms with Crippen molar-refractivity contribution in [1.82, 2.24) is 0 Å². The van der Waals surface area contributed by atoms with Gasteiger partial charge in [-0.05, 0) is 30.2 Å². The molecule has 4 nitrogen and oxygen atoms in total. The SMILES string of the molecule is Nc1cc(Cl)cc(S(=O)(=O)N2CCc3ccccc32)c1F. The van der Waals surface area contributed by atoms with Gasteiger partial charge in [0.15, 0.2) is 5.82 Å².